The molecule has 10 nitrogen and oxygen atoms in total. The number of hydrogen-bond acceptors (Lipinski definition) is 8. The highest BCUT2D eigenvalue weighted by Gasteiger charge is 2.53. The molecule has 0 aromatic carbocycles. The smallest absolute Gasteiger partial charge is 0.333 e. The van der Waals surface area contributed by atoms with Gasteiger partial charge in [-0.15, -0.1) is 0 Å². The summed E-state index contributed by atoms with van der Waals surface area (Å²) < 4.78 is 39.4. The number of ether oxygens (including phenoxy) is 1. The zero-order chi connectivity index (χ0) is 29.1. The summed E-state index contributed by atoms with van der Waals surface area (Å²) in [6, 6.07) is 1.30. The van der Waals surface area contributed by atoms with Crippen LogP contribution in [0.5, 0.6) is 0 Å². The maximum absolute atomic E-state index is 12.9. The molecule has 1 N–H and O–H groups in total. The normalized spacial score (nSPS) is 23.4. The summed E-state index contributed by atoms with van der Waals surface area (Å²) in [7, 11) is -6.20. The van der Waals surface area contributed by atoms with Gasteiger partial charge in [-0.05, 0) is 50.1 Å². The van der Waals surface area contributed by atoms with E-state index in [4.69, 9.17) is 27.2 Å². The predicted octanol–water partition coefficient (Wildman–Crippen LogP) is 5.53. The maximum atomic E-state index is 12.9. The second-order valence-corrected chi connectivity index (χ2v) is 23.4. The highest BCUT2D eigenvalue weighted by atomic mass is 31.2. The largest absolute Gasteiger partial charge is 0.414 e. The molecule has 1 aliphatic rings. The Morgan fingerprint density at radius 2 is 1.50 bits per heavy atom. The lowest BCUT2D eigenvalue weighted by atomic mass is 10.1. The summed E-state index contributed by atoms with van der Waals surface area (Å²) in [5, 5.41) is -0.115. The Labute approximate surface area is 231 Å². The minimum atomic E-state index is -2.38. The van der Waals surface area contributed by atoms with Crippen molar-refractivity contribution in [2.45, 2.75) is 116 Å². The molecule has 13 heteroatoms. The Kier molecular flexibility index (Phi) is 11.3. The van der Waals surface area contributed by atoms with E-state index in [-0.39, 0.29) is 16.7 Å². The lowest BCUT2D eigenvalue weighted by Gasteiger charge is -2.41. The number of hydrogen-bond donors (Lipinski definition) is 1. The predicted molar refractivity (Wildman–Crippen MR) is 155 cm³/mol. The summed E-state index contributed by atoms with van der Waals surface area (Å²) in [5.74, 6) is 0. The molecule has 0 aliphatic carbocycles. The molecule has 1 saturated heterocycles. The van der Waals surface area contributed by atoms with Crippen LogP contribution in [0.25, 0.3) is 0 Å². The summed E-state index contributed by atoms with van der Waals surface area (Å²) in [5.41, 5.74) is -1.05. The fraction of sp³-hybridized carbons (Fsp3) is 0.840. The molecule has 2 heterocycles. The molecule has 0 unspecified atom stereocenters. The van der Waals surface area contributed by atoms with Crippen molar-refractivity contribution in [1.29, 1.82) is 0 Å². The van der Waals surface area contributed by atoms with Crippen LogP contribution in [0.1, 0.15) is 61.6 Å². The van der Waals surface area contributed by atoms with Crippen molar-refractivity contribution >= 4 is 25.2 Å². The van der Waals surface area contributed by atoms with Crippen LogP contribution in [-0.4, -0.2) is 64.3 Å². The fourth-order valence-corrected chi connectivity index (χ4v) is 6.75. The molecule has 2 rings (SSSR count). The second kappa shape index (κ2) is 12.9. The van der Waals surface area contributed by atoms with Gasteiger partial charge in [0.2, 0.25) is 0 Å². The van der Waals surface area contributed by atoms with Crippen LogP contribution in [0.3, 0.4) is 0 Å². The van der Waals surface area contributed by atoms with E-state index in [2.05, 4.69) is 72.7 Å². The standard InChI is InChI=1S/C25H49N2O8PSi2/c1-13-30-36(31-14-2)34-20-18(17-32-37(9,10)24(3,4)5)33-22(27-16-15-19(28)26-23(27)29)21(20)35-38(11,12)25(6,7)8/h15-16,18,20-22H,13-14,17H2,1-12H3,(H,26,28,29)/t18-,20-,21-,22-/m1/s1. The van der Waals surface area contributed by atoms with E-state index in [1.165, 1.54) is 16.8 Å². The van der Waals surface area contributed by atoms with Gasteiger partial charge in [-0.2, -0.15) is 0 Å². The first-order valence-corrected chi connectivity index (χ1v) is 20.3. The molecular formula is C25H49N2O8PSi2. The van der Waals surface area contributed by atoms with Gasteiger partial charge in [0, 0.05) is 12.3 Å². The van der Waals surface area contributed by atoms with E-state index in [0.717, 1.165) is 0 Å². The molecule has 1 aromatic heterocycles. The van der Waals surface area contributed by atoms with Crippen molar-refractivity contribution in [3.63, 3.8) is 0 Å². The van der Waals surface area contributed by atoms with Crippen LogP contribution in [0, 0.1) is 0 Å². The molecular weight excluding hydrogens is 543 g/mol. The summed E-state index contributed by atoms with van der Waals surface area (Å²) in [6.45, 7) is 26.5. The lowest BCUT2D eigenvalue weighted by Crippen LogP contribution is -2.50. The monoisotopic (exact) mass is 592 g/mol. The Balaban J connectivity index is 2.59. The minimum absolute atomic E-state index is 0.00246. The summed E-state index contributed by atoms with van der Waals surface area (Å²) >= 11 is 0. The first-order valence-electron chi connectivity index (χ1n) is 13.4. The average Bonchev–Trinajstić information content (AvgIpc) is 3.07. The third-order valence-electron chi connectivity index (χ3n) is 7.74. The van der Waals surface area contributed by atoms with Crippen LogP contribution in [0.2, 0.25) is 36.3 Å². The quantitative estimate of drug-likeness (QED) is 0.249. The van der Waals surface area contributed by atoms with Gasteiger partial charge in [0.1, 0.15) is 18.3 Å². The van der Waals surface area contributed by atoms with Crippen molar-refractivity contribution < 1.29 is 27.2 Å². The minimum Gasteiger partial charge on any atom is -0.414 e. The number of H-pyrrole nitrogens is 1. The van der Waals surface area contributed by atoms with Crippen LogP contribution >= 0.6 is 8.60 Å². The number of nitrogens with one attached hydrogen (secondary N) is 1. The zero-order valence-corrected chi connectivity index (χ0v) is 28.1. The van der Waals surface area contributed by atoms with Gasteiger partial charge in [0.15, 0.2) is 22.9 Å². The van der Waals surface area contributed by atoms with Crippen molar-refractivity contribution in [1.82, 2.24) is 9.55 Å². The topological polar surface area (TPSA) is 110 Å². The SMILES string of the molecule is CCOP(OCC)O[C@H]1[C@@H](O[Si](C)(C)C(C)(C)C)[C@H](n2ccc(=O)[nH]c2=O)O[C@@H]1CO[Si](C)(C)C(C)(C)C. The fourth-order valence-electron chi connectivity index (χ4n) is 3.38. The van der Waals surface area contributed by atoms with Gasteiger partial charge >= 0.3 is 14.3 Å². The Bertz CT molecular complexity index is 1010. The van der Waals surface area contributed by atoms with E-state index in [1.807, 2.05) is 13.8 Å². The molecule has 0 radical (unpaired) electrons. The second-order valence-electron chi connectivity index (χ2n) is 12.6. The summed E-state index contributed by atoms with van der Waals surface area (Å²) in [6.07, 6.45) is -1.27. The van der Waals surface area contributed by atoms with Gasteiger partial charge in [-0.1, -0.05) is 41.5 Å². The number of nitrogens with zero attached hydrogens (tertiary/aromatic N) is 1. The first kappa shape index (κ1) is 33.5. The molecule has 1 aromatic rings. The molecule has 0 bridgehead atoms. The number of rotatable bonds is 12. The van der Waals surface area contributed by atoms with Gasteiger partial charge in [-0.25, -0.2) is 4.79 Å². The molecule has 1 fully saturated rings. The number of aromatic nitrogens is 2. The van der Waals surface area contributed by atoms with Crippen molar-refractivity contribution in [3.8, 4) is 0 Å². The van der Waals surface area contributed by atoms with E-state index >= 15 is 0 Å². The maximum Gasteiger partial charge on any atom is 0.333 e. The van der Waals surface area contributed by atoms with E-state index in [9.17, 15) is 9.59 Å². The van der Waals surface area contributed by atoms with Crippen LogP contribution in [0.15, 0.2) is 21.9 Å². The van der Waals surface area contributed by atoms with Crippen LogP contribution in [-0.2, 0) is 27.2 Å². The molecule has 4 atom stereocenters. The molecule has 0 saturated carbocycles. The molecule has 0 amide bonds. The Hall–Kier alpha value is -0.696. The zero-order valence-electron chi connectivity index (χ0n) is 25.2. The molecule has 1 aliphatic heterocycles. The Morgan fingerprint density at radius 3 is 1.97 bits per heavy atom. The van der Waals surface area contributed by atoms with Gasteiger partial charge in [-0.3, -0.25) is 14.3 Å². The molecule has 38 heavy (non-hydrogen) atoms. The van der Waals surface area contributed by atoms with Crippen LogP contribution in [0.4, 0.5) is 0 Å². The average molecular weight is 593 g/mol. The van der Waals surface area contributed by atoms with Gasteiger partial charge in [0.25, 0.3) is 5.56 Å². The lowest BCUT2D eigenvalue weighted by molar-refractivity contribution is -0.0511. The van der Waals surface area contributed by atoms with Crippen molar-refractivity contribution in [3.05, 3.63) is 33.1 Å². The highest BCUT2D eigenvalue weighted by molar-refractivity contribution is 7.41. The third-order valence-corrected chi connectivity index (χ3v) is 18.1. The third kappa shape index (κ3) is 8.17. The molecule has 220 valence electrons. The van der Waals surface area contributed by atoms with Gasteiger partial charge in [0.05, 0.1) is 19.8 Å². The number of aromatic amines is 1. The van der Waals surface area contributed by atoms with E-state index < -0.39 is 61.0 Å². The highest BCUT2D eigenvalue weighted by Crippen LogP contribution is 2.49. The van der Waals surface area contributed by atoms with Crippen LogP contribution < -0.4 is 11.2 Å². The van der Waals surface area contributed by atoms with Gasteiger partial charge < -0.3 is 27.2 Å². The first-order chi connectivity index (χ1) is 17.3. The van der Waals surface area contributed by atoms with E-state index in [0.29, 0.717) is 13.2 Å². The van der Waals surface area contributed by atoms with E-state index in [1.54, 1.807) is 0 Å². The van der Waals surface area contributed by atoms with Crippen molar-refractivity contribution in [2.24, 2.45) is 0 Å². The Morgan fingerprint density at radius 1 is 0.947 bits per heavy atom. The van der Waals surface area contributed by atoms with Crippen molar-refractivity contribution in [2.75, 3.05) is 19.8 Å². The summed E-state index contributed by atoms with van der Waals surface area (Å²) in [4.78, 5) is 27.0. The molecule has 0 spiro atoms.